The van der Waals surface area contributed by atoms with Crippen LogP contribution in [0.3, 0.4) is 0 Å². The molecule has 70 valence electrons. The molecule has 0 aliphatic carbocycles. The Morgan fingerprint density at radius 1 is 1.00 bits per heavy atom. The van der Waals surface area contributed by atoms with Crippen LogP contribution in [0, 0.1) is 6.92 Å². The predicted molar refractivity (Wildman–Crippen MR) is 54.7 cm³/mol. The monoisotopic (exact) mass is 176 g/mol. The summed E-state index contributed by atoms with van der Waals surface area (Å²) in [6, 6.07) is 9.90. The van der Waals surface area contributed by atoms with Crippen LogP contribution in [0.15, 0.2) is 30.3 Å². The van der Waals surface area contributed by atoms with Gasteiger partial charge in [-0.25, -0.2) is 0 Å². The Bertz CT molecular complexity index is 206. The van der Waals surface area contributed by atoms with Gasteiger partial charge in [0.15, 0.2) is 0 Å². The van der Waals surface area contributed by atoms with Crippen molar-refractivity contribution in [2.75, 3.05) is 6.61 Å². The highest BCUT2D eigenvalue weighted by atomic mass is 16.5. The molecule has 0 aliphatic heterocycles. The van der Waals surface area contributed by atoms with Crippen LogP contribution in [0.5, 0.6) is 5.75 Å². The number of unbranched alkanes of at least 4 members (excludes halogenated alkanes) is 3. The molecule has 0 aliphatic rings. The van der Waals surface area contributed by atoms with Crippen molar-refractivity contribution >= 4 is 0 Å². The first-order valence-corrected chi connectivity index (χ1v) is 4.81. The van der Waals surface area contributed by atoms with Crippen molar-refractivity contribution in [1.82, 2.24) is 0 Å². The third-order valence-electron chi connectivity index (χ3n) is 1.86. The lowest BCUT2D eigenvalue weighted by atomic mass is 10.2. The van der Waals surface area contributed by atoms with Gasteiger partial charge in [0, 0.05) is 0 Å². The molecule has 0 bridgehead atoms. The van der Waals surface area contributed by atoms with Gasteiger partial charge >= 0.3 is 0 Å². The Hall–Kier alpha value is -0.980. The van der Waals surface area contributed by atoms with Gasteiger partial charge in [0.2, 0.25) is 0 Å². The zero-order valence-corrected chi connectivity index (χ0v) is 7.91. The third kappa shape index (κ3) is 4.56. The van der Waals surface area contributed by atoms with Gasteiger partial charge in [0.05, 0.1) is 6.61 Å². The van der Waals surface area contributed by atoms with Gasteiger partial charge in [-0.3, -0.25) is 0 Å². The lowest BCUT2D eigenvalue weighted by Crippen LogP contribution is -1.96. The van der Waals surface area contributed by atoms with Crippen molar-refractivity contribution in [3.8, 4) is 5.75 Å². The Balaban J connectivity index is 2.07. The predicted octanol–water partition coefficient (Wildman–Crippen LogP) is 3.34. The maximum absolute atomic E-state index is 5.51. The molecule has 0 saturated heterocycles. The van der Waals surface area contributed by atoms with Crippen LogP contribution in [0.2, 0.25) is 0 Å². The molecule has 0 fully saturated rings. The largest absolute Gasteiger partial charge is 0.494 e. The Labute approximate surface area is 80.7 Å². The Morgan fingerprint density at radius 2 is 1.77 bits per heavy atom. The molecule has 2 radical (unpaired) electrons. The first kappa shape index (κ1) is 10.1. The van der Waals surface area contributed by atoms with Crippen LogP contribution in [0.25, 0.3) is 0 Å². The van der Waals surface area contributed by atoms with Crippen molar-refractivity contribution < 1.29 is 4.74 Å². The van der Waals surface area contributed by atoms with Crippen molar-refractivity contribution in [2.24, 2.45) is 0 Å². The minimum atomic E-state index is 0.783. The van der Waals surface area contributed by atoms with E-state index in [-0.39, 0.29) is 0 Å². The van der Waals surface area contributed by atoms with E-state index in [0.29, 0.717) is 0 Å². The van der Waals surface area contributed by atoms with Gasteiger partial charge in [-0.15, -0.1) is 0 Å². The molecule has 0 atom stereocenters. The highest BCUT2D eigenvalue weighted by molar-refractivity contribution is 5.20. The van der Waals surface area contributed by atoms with E-state index in [1.165, 1.54) is 0 Å². The summed E-state index contributed by atoms with van der Waals surface area (Å²) in [6.07, 6.45) is 4.12. The first-order chi connectivity index (χ1) is 6.43. The van der Waals surface area contributed by atoms with E-state index in [2.05, 4.69) is 0 Å². The highest BCUT2D eigenvalue weighted by Crippen LogP contribution is 2.09. The van der Waals surface area contributed by atoms with Crippen molar-refractivity contribution in [3.63, 3.8) is 0 Å². The fourth-order valence-corrected chi connectivity index (χ4v) is 1.13. The summed E-state index contributed by atoms with van der Waals surface area (Å²) >= 11 is 0. The lowest BCUT2D eigenvalue weighted by molar-refractivity contribution is 0.305. The molecule has 0 heterocycles. The SMILES string of the molecule is [CH]CCCCCOc1ccccc1. The van der Waals surface area contributed by atoms with E-state index in [0.717, 1.165) is 38.0 Å². The Kier molecular flexibility index (Phi) is 5.07. The fraction of sp³-hybridized carbons (Fsp3) is 0.417. The maximum atomic E-state index is 5.51. The standard InChI is InChI=1S/C12H16O/c1-2-3-4-8-11-13-12-9-6-5-7-10-12/h1,5-7,9-10H,2-4,8,11H2. The van der Waals surface area contributed by atoms with Gasteiger partial charge in [0.1, 0.15) is 5.75 Å². The molecule has 1 aromatic rings. The molecule has 1 rings (SSSR count). The topological polar surface area (TPSA) is 9.23 Å². The summed E-state index contributed by atoms with van der Waals surface area (Å²) in [5, 5.41) is 0. The molecule has 1 nitrogen and oxygen atoms in total. The Morgan fingerprint density at radius 3 is 2.46 bits per heavy atom. The summed E-state index contributed by atoms with van der Waals surface area (Å²) in [6.45, 7) is 6.18. The van der Waals surface area contributed by atoms with E-state index in [4.69, 9.17) is 11.7 Å². The smallest absolute Gasteiger partial charge is 0.119 e. The summed E-state index contributed by atoms with van der Waals surface area (Å²) in [5.74, 6) is 0.954. The summed E-state index contributed by atoms with van der Waals surface area (Å²) in [4.78, 5) is 0. The third-order valence-corrected chi connectivity index (χ3v) is 1.86. The number of para-hydroxylation sites is 1. The van der Waals surface area contributed by atoms with Crippen LogP contribution >= 0.6 is 0 Å². The average molecular weight is 176 g/mol. The molecule has 0 unspecified atom stereocenters. The van der Waals surface area contributed by atoms with Gasteiger partial charge < -0.3 is 4.74 Å². The molecule has 0 aromatic heterocycles. The first-order valence-electron chi connectivity index (χ1n) is 4.81. The molecule has 1 heteroatoms. The second-order valence-corrected chi connectivity index (χ2v) is 3.01. The van der Waals surface area contributed by atoms with Crippen LogP contribution in [0.4, 0.5) is 0 Å². The van der Waals surface area contributed by atoms with Gasteiger partial charge in [0.25, 0.3) is 0 Å². The highest BCUT2D eigenvalue weighted by Gasteiger charge is 1.91. The molecule has 1 aromatic carbocycles. The number of ether oxygens (including phenoxy) is 1. The van der Waals surface area contributed by atoms with Crippen LogP contribution < -0.4 is 4.74 Å². The molecule has 0 spiro atoms. The van der Waals surface area contributed by atoms with Crippen LogP contribution in [-0.2, 0) is 0 Å². The van der Waals surface area contributed by atoms with E-state index >= 15 is 0 Å². The molecular weight excluding hydrogens is 160 g/mol. The van der Waals surface area contributed by atoms with E-state index in [9.17, 15) is 0 Å². The lowest BCUT2D eigenvalue weighted by Gasteiger charge is -2.04. The van der Waals surface area contributed by atoms with E-state index in [1.807, 2.05) is 30.3 Å². The van der Waals surface area contributed by atoms with Crippen molar-refractivity contribution in [1.29, 1.82) is 0 Å². The van der Waals surface area contributed by atoms with E-state index in [1.54, 1.807) is 0 Å². The molecular formula is C12H16O. The molecule has 13 heavy (non-hydrogen) atoms. The van der Waals surface area contributed by atoms with Crippen LogP contribution in [-0.4, -0.2) is 6.61 Å². The second-order valence-electron chi connectivity index (χ2n) is 3.01. The van der Waals surface area contributed by atoms with Gasteiger partial charge in [-0.1, -0.05) is 31.0 Å². The zero-order chi connectivity index (χ0) is 9.36. The van der Waals surface area contributed by atoms with E-state index < -0.39 is 0 Å². The summed E-state index contributed by atoms with van der Waals surface area (Å²) in [7, 11) is 0. The van der Waals surface area contributed by atoms with Gasteiger partial charge in [-0.05, 0) is 31.9 Å². The average Bonchev–Trinajstić information content (AvgIpc) is 2.19. The number of hydrogen-bond donors (Lipinski definition) is 0. The molecule has 0 saturated carbocycles. The zero-order valence-electron chi connectivity index (χ0n) is 7.91. The molecule has 0 amide bonds. The van der Waals surface area contributed by atoms with Crippen molar-refractivity contribution in [2.45, 2.75) is 25.7 Å². The number of benzene rings is 1. The normalized spacial score (nSPS) is 9.92. The minimum absolute atomic E-state index is 0.783. The minimum Gasteiger partial charge on any atom is -0.494 e. The van der Waals surface area contributed by atoms with Gasteiger partial charge in [-0.2, -0.15) is 0 Å². The number of rotatable bonds is 6. The fourth-order valence-electron chi connectivity index (χ4n) is 1.13. The summed E-state index contributed by atoms with van der Waals surface area (Å²) < 4.78 is 5.51. The summed E-state index contributed by atoms with van der Waals surface area (Å²) in [5.41, 5.74) is 0. The maximum Gasteiger partial charge on any atom is 0.119 e. The van der Waals surface area contributed by atoms with Crippen LogP contribution in [0.1, 0.15) is 25.7 Å². The quantitative estimate of drug-likeness (QED) is 0.604. The number of hydrogen-bond acceptors (Lipinski definition) is 1. The van der Waals surface area contributed by atoms with Crippen molar-refractivity contribution in [3.05, 3.63) is 37.3 Å². The second kappa shape index (κ2) is 6.53. The molecule has 0 N–H and O–H groups in total.